The van der Waals surface area contributed by atoms with Crippen molar-refractivity contribution in [3.05, 3.63) is 28.0 Å². The Hall–Kier alpha value is -2.64. The number of H-pyrrole nitrogens is 1. The highest BCUT2D eigenvalue weighted by atomic mass is 16.4. The van der Waals surface area contributed by atoms with Gasteiger partial charge in [0.1, 0.15) is 11.1 Å². The predicted octanol–water partition coefficient (Wildman–Crippen LogP) is 0.371. The first-order valence-corrected chi connectivity index (χ1v) is 5.86. The number of furan rings is 1. The monoisotopic (exact) mass is 279 g/mol. The second-order valence-electron chi connectivity index (χ2n) is 4.32. The zero-order valence-corrected chi connectivity index (χ0v) is 11.0. The van der Waals surface area contributed by atoms with Gasteiger partial charge < -0.3 is 19.4 Å². The van der Waals surface area contributed by atoms with Crippen LogP contribution in [0.2, 0.25) is 0 Å². The van der Waals surface area contributed by atoms with Crippen molar-refractivity contribution >= 4 is 23.0 Å². The highest BCUT2D eigenvalue weighted by Gasteiger charge is 2.24. The lowest BCUT2D eigenvalue weighted by Gasteiger charge is -2.15. The standard InChI is InChI=1S/C12H13N3O5/c1-6-8(12(19)15(2)4-3-7(16)17)9-10(18)13-5-14-11(9)20-6/h5H,3-4H2,1-2H3,(H,16,17)(H,13,14,18). The molecule has 0 atom stereocenters. The lowest BCUT2D eigenvalue weighted by atomic mass is 10.1. The summed E-state index contributed by atoms with van der Waals surface area (Å²) in [5, 5.41) is 8.70. The lowest BCUT2D eigenvalue weighted by molar-refractivity contribution is -0.137. The van der Waals surface area contributed by atoms with Gasteiger partial charge in [0, 0.05) is 13.6 Å². The van der Waals surface area contributed by atoms with Gasteiger partial charge in [-0.05, 0) is 6.92 Å². The molecule has 0 unspecified atom stereocenters. The van der Waals surface area contributed by atoms with Crippen LogP contribution in [-0.2, 0) is 4.79 Å². The molecule has 0 aliphatic carbocycles. The Kier molecular flexibility index (Phi) is 3.55. The quantitative estimate of drug-likeness (QED) is 0.835. The average Bonchev–Trinajstić information content (AvgIpc) is 2.72. The predicted molar refractivity (Wildman–Crippen MR) is 68.6 cm³/mol. The van der Waals surface area contributed by atoms with E-state index in [0.717, 1.165) is 0 Å². The number of aromatic nitrogens is 2. The number of rotatable bonds is 4. The number of amides is 1. The van der Waals surface area contributed by atoms with Crippen LogP contribution < -0.4 is 5.56 Å². The van der Waals surface area contributed by atoms with Crippen LogP contribution in [-0.4, -0.2) is 45.4 Å². The molecule has 0 saturated carbocycles. The fraction of sp³-hybridized carbons (Fsp3) is 0.333. The molecule has 0 radical (unpaired) electrons. The van der Waals surface area contributed by atoms with Gasteiger partial charge in [-0.15, -0.1) is 0 Å². The van der Waals surface area contributed by atoms with Crippen molar-refractivity contribution in [1.82, 2.24) is 14.9 Å². The Morgan fingerprint density at radius 2 is 2.20 bits per heavy atom. The number of carbonyl (C=O) groups is 2. The Bertz CT molecular complexity index is 730. The van der Waals surface area contributed by atoms with Crippen LogP contribution in [0.1, 0.15) is 22.5 Å². The van der Waals surface area contributed by atoms with Crippen molar-refractivity contribution in [2.24, 2.45) is 0 Å². The largest absolute Gasteiger partial charge is 0.481 e. The fourth-order valence-corrected chi connectivity index (χ4v) is 1.87. The average molecular weight is 279 g/mol. The molecule has 8 heteroatoms. The van der Waals surface area contributed by atoms with E-state index in [2.05, 4.69) is 9.97 Å². The van der Waals surface area contributed by atoms with Crippen molar-refractivity contribution in [2.45, 2.75) is 13.3 Å². The third-order valence-electron chi connectivity index (χ3n) is 2.89. The Labute approximate surface area is 113 Å². The van der Waals surface area contributed by atoms with E-state index in [1.54, 1.807) is 6.92 Å². The highest BCUT2D eigenvalue weighted by Crippen LogP contribution is 2.21. The van der Waals surface area contributed by atoms with E-state index in [1.807, 2.05) is 0 Å². The molecule has 1 amide bonds. The zero-order valence-electron chi connectivity index (χ0n) is 11.0. The molecular formula is C12H13N3O5. The second-order valence-corrected chi connectivity index (χ2v) is 4.32. The van der Waals surface area contributed by atoms with Crippen molar-refractivity contribution in [2.75, 3.05) is 13.6 Å². The van der Waals surface area contributed by atoms with Crippen LogP contribution in [0.25, 0.3) is 11.1 Å². The fourth-order valence-electron chi connectivity index (χ4n) is 1.87. The van der Waals surface area contributed by atoms with Crippen LogP contribution in [0.15, 0.2) is 15.5 Å². The third-order valence-corrected chi connectivity index (χ3v) is 2.89. The molecule has 2 rings (SSSR count). The number of hydrogen-bond acceptors (Lipinski definition) is 5. The van der Waals surface area contributed by atoms with Gasteiger partial charge in [0.2, 0.25) is 5.71 Å². The molecule has 2 aromatic rings. The number of aryl methyl sites for hydroxylation is 1. The van der Waals surface area contributed by atoms with Crippen LogP contribution in [0, 0.1) is 6.92 Å². The normalized spacial score (nSPS) is 10.7. The van der Waals surface area contributed by atoms with Gasteiger partial charge in [-0.3, -0.25) is 14.4 Å². The Morgan fingerprint density at radius 1 is 1.50 bits per heavy atom. The summed E-state index contributed by atoms with van der Waals surface area (Å²) >= 11 is 0. The summed E-state index contributed by atoms with van der Waals surface area (Å²) in [6.07, 6.45) is 1.02. The summed E-state index contributed by atoms with van der Waals surface area (Å²) in [6.45, 7) is 1.60. The number of carboxylic acids is 1. The minimum atomic E-state index is -1.00. The number of aliphatic carboxylic acids is 1. The van der Waals surface area contributed by atoms with Gasteiger partial charge in [0.05, 0.1) is 18.3 Å². The van der Waals surface area contributed by atoms with Gasteiger partial charge in [0.15, 0.2) is 0 Å². The number of aromatic amines is 1. The Morgan fingerprint density at radius 3 is 2.85 bits per heavy atom. The summed E-state index contributed by atoms with van der Waals surface area (Å²) in [4.78, 5) is 42.1. The number of fused-ring (bicyclic) bond motifs is 1. The van der Waals surface area contributed by atoms with E-state index in [-0.39, 0.29) is 35.4 Å². The third kappa shape index (κ3) is 2.40. The molecule has 0 saturated heterocycles. The van der Waals surface area contributed by atoms with E-state index in [0.29, 0.717) is 0 Å². The van der Waals surface area contributed by atoms with E-state index in [9.17, 15) is 14.4 Å². The smallest absolute Gasteiger partial charge is 0.305 e. The number of carboxylic acid groups (broad SMARTS) is 1. The van der Waals surface area contributed by atoms with Gasteiger partial charge >= 0.3 is 5.97 Å². The maximum atomic E-state index is 12.3. The molecule has 2 aromatic heterocycles. The second kappa shape index (κ2) is 5.16. The van der Waals surface area contributed by atoms with Crippen LogP contribution in [0.3, 0.4) is 0 Å². The topological polar surface area (TPSA) is 117 Å². The number of carbonyl (C=O) groups excluding carboxylic acids is 1. The molecule has 106 valence electrons. The van der Waals surface area contributed by atoms with E-state index < -0.39 is 17.4 Å². The first-order valence-electron chi connectivity index (χ1n) is 5.86. The number of hydrogen-bond donors (Lipinski definition) is 2. The van der Waals surface area contributed by atoms with Crippen molar-refractivity contribution in [1.29, 1.82) is 0 Å². The van der Waals surface area contributed by atoms with E-state index >= 15 is 0 Å². The van der Waals surface area contributed by atoms with Gasteiger partial charge in [-0.25, -0.2) is 4.98 Å². The SMILES string of the molecule is Cc1oc2nc[nH]c(=O)c2c1C(=O)N(C)CCC(=O)O. The zero-order chi connectivity index (χ0) is 14.9. The molecule has 2 N–H and O–H groups in total. The Balaban J connectivity index is 2.42. The molecule has 0 aromatic carbocycles. The van der Waals surface area contributed by atoms with Gasteiger partial charge in [-0.2, -0.15) is 0 Å². The molecule has 0 fully saturated rings. The summed E-state index contributed by atoms with van der Waals surface area (Å²) in [5.74, 6) is -1.20. The van der Waals surface area contributed by atoms with Crippen LogP contribution >= 0.6 is 0 Å². The van der Waals surface area contributed by atoms with E-state index in [4.69, 9.17) is 9.52 Å². The summed E-state index contributed by atoms with van der Waals surface area (Å²) < 4.78 is 5.28. The van der Waals surface area contributed by atoms with Crippen molar-refractivity contribution in [3.63, 3.8) is 0 Å². The summed E-state index contributed by atoms with van der Waals surface area (Å²) in [7, 11) is 1.47. The minimum absolute atomic E-state index is 0.0401. The molecule has 0 aliphatic rings. The molecule has 0 bridgehead atoms. The van der Waals surface area contributed by atoms with Crippen molar-refractivity contribution < 1.29 is 19.1 Å². The van der Waals surface area contributed by atoms with E-state index in [1.165, 1.54) is 18.3 Å². The number of nitrogens with zero attached hydrogens (tertiary/aromatic N) is 2. The minimum Gasteiger partial charge on any atom is -0.481 e. The highest BCUT2D eigenvalue weighted by molar-refractivity contribution is 6.06. The number of nitrogens with one attached hydrogen (secondary N) is 1. The van der Waals surface area contributed by atoms with Crippen LogP contribution in [0.4, 0.5) is 0 Å². The first-order chi connectivity index (χ1) is 9.41. The molecule has 0 aliphatic heterocycles. The first kappa shape index (κ1) is 13.8. The summed E-state index contributed by atoms with van der Waals surface area (Å²) in [6, 6.07) is 0. The van der Waals surface area contributed by atoms with Crippen molar-refractivity contribution in [3.8, 4) is 0 Å². The summed E-state index contributed by atoms with van der Waals surface area (Å²) in [5.41, 5.74) is -0.273. The molecule has 0 spiro atoms. The molecule has 20 heavy (non-hydrogen) atoms. The maximum Gasteiger partial charge on any atom is 0.305 e. The molecule has 8 nitrogen and oxygen atoms in total. The van der Waals surface area contributed by atoms with Crippen LogP contribution in [0.5, 0.6) is 0 Å². The molecular weight excluding hydrogens is 266 g/mol. The molecule has 2 heterocycles. The van der Waals surface area contributed by atoms with Gasteiger partial charge in [0.25, 0.3) is 11.5 Å². The van der Waals surface area contributed by atoms with Gasteiger partial charge in [-0.1, -0.05) is 0 Å². The maximum absolute atomic E-state index is 12.3. The lowest BCUT2D eigenvalue weighted by Crippen LogP contribution is -2.30.